The van der Waals surface area contributed by atoms with Gasteiger partial charge in [-0.25, -0.2) is 0 Å². The molecule has 0 bridgehead atoms. The molecule has 0 spiro atoms. The second kappa shape index (κ2) is 3.64. The Labute approximate surface area is 107 Å². The predicted molar refractivity (Wildman–Crippen MR) is 70.8 cm³/mol. The van der Waals surface area contributed by atoms with Crippen LogP contribution in [-0.2, 0) is 4.79 Å². The van der Waals surface area contributed by atoms with Gasteiger partial charge in [0, 0.05) is 11.1 Å². The molecule has 0 aromatic heterocycles. The average molecular weight is 240 g/mol. The third-order valence-corrected chi connectivity index (χ3v) is 4.33. The van der Waals surface area contributed by atoms with E-state index in [0.717, 1.165) is 29.5 Å². The summed E-state index contributed by atoms with van der Waals surface area (Å²) in [5.41, 5.74) is 5.64. The summed E-state index contributed by atoms with van der Waals surface area (Å²) in [6.07, 6.45) is 1.97. The third kappa shape index (κ3) is 1.29. The molecule has 0 aliphatic heterocycles. The molecule has 0 saturated heterocycles. The molecular weight excluding hydrogens is 224 g/mol. The molecule has 0 amide bonds. The van der Waals surface area contributed by atoms with Crippen molar-refractivity contribution in [2.75, 3.05) is 0 Å². The summed E-state index contributed by atoms with van der Waals surface area (Å²) in [6, 6.07) is 4.09. The predicted octanol–water partition coefficient (Wildman–Crippen LogP) is 3.43. The number of benzene rings is 1. The summed E-state index contributed by atoms with van der Waals surface area (Å²) < 4.78 is 0. The van der Waals surface area contributed by atoms with Crippen LogP contribution in [0, 0.1) is 6.92 Å². The molecule has 2 aliphatic carbocycles. The number of Topliss-reactive ketones (excluding diaryl/α,β-unsaturated/α-hetero) is 2. The lowest BCUT2D eigenvalue weighted by Crippen LogP contribution is -2.27. The SMILES string of the molecule is CC1=C2CCC(C)c3ccc(C)c(c32)C(=O)C1=O. The maximum atomic E-state index is 12.2. The van der Waals surface area contributed by atoms with Gasteiger partial charge in [-0.2, -0.15) is 0 Å². The van der Waals surface area contributed by atoms with Crippen molar-refractivity contribution in [1.29, 1.82) is 0 Å². The minimum Gasteiger partial charge on any atom is -0.285 e. The molecule has 2 nitrogen and oxygen atoms in total. The maximum Gasteiger partial charge on any atom is 0.234 e. The first-order valence-electron chi connectivity index (χ1n) is 6.45. The molecule has 0 fully saturated rings. The van der Waals surface area contributed by atoms with Crippen molar-refractivity contribution in [1.82, 2.24) is 0 Å². The lowest BCUT2D eigenvalue weighted by molar-refractivity contribution is -0.111. The van der Waals surface area contributed by atoms with Crippen molar-refractivity contribution < 1.29 is 9.59 Å². The van der Waals surface area contributed by atoms with Crippen molar-refractivity contribution in [2.45, 2.75) is 39.5 Å². The molecule has 2 aliphatic rings. The van der Waals surface area contributed by atoms with Gasteiger partial charge in [-0.15, -0.1) is 0 Å². The van der Waals surface area contributed by atoms with Gasteiger partial charge >= 0.3 is 0 Å². The lowest BCUT2D eigenvalue weighted by atomic mass is 9.71. The van der Waals surface area contributed by atoms with E-state index in [-0.39, 0.29) is 11.6 Å². The molecule has 1 aromatic rings. The molecule has 0 heterocycles. The van der Waals surface area contributed by atoms with Crippen LogP contribution in [-0.4, -0.2) is 11.6 Å². The van der Waals surface area contributed by atoms with E-state index in [9.17, 15) is 9.59 Å². The van der Waals surface area contributed by atoms with Gasteiger partial charge in [0.1, 0.15) is 0 Å². The van der Waals surface area contributed by atoms with Gasteiger partial charge in [0.15, 0.2) is 0 Å². The van der Waals surface area contributed by atoms with E-state index in [1.165, 1.54) is 5.56 Å². The maximum absolute atomic E-state index is 12.2. The summed E-state index contributed by atoms with van der Waals surface area (Å²) in [5.74, 6) is -0.163. The normalized spacial score (nSPS) is 22.3. The number of hydrogen-bond donors (Lipinski definition) is 0. The second-order valence-corrected chi connectivity index (χ2v) is 5.42. The van der Waals surface area contributed by atoms with E-state index < -0.39 is 0 Å². The molecule has 92 valence electrons. The van der Waals surface area contributed by atoms with Crippen molar-refractivity contribution in [3.8, 4) is 0 Å². The van der Waals surface area contributed by atoms with Crippen molar-refractivity contribution in [3.05, 3.63) is 40.0 Å². The Morgan fingerprint density at radius 3 is 2.50 bits per heavy atom. The van der Waals surface area contributed by atoms with E-state index in [1.54, 1.807) is 6.92 Å². The highest BCUT2D eigenvalue weighted by Crippen LogP contribution is 2.44. The fourth-order valence-electron chi connectivity index (χ4n) is 3.19. The largest absolute Gasteiger partial charge is 0.285 e. The Kier molecular flexibility index (Phi) is 2.31. The highest BCUT2D eigenvalue weighted by atomic mass is 16.2. The number of hydrogen-bond acceptors (Lipinski definition) is 2. The summed E-state index contributed by atoms with van der Waals surface area (Å²) in [7, 11) is 0. The van der Waals surface area contributed by atoms with E-state index in [2.05, 4.69) is 13.0 Å². The summed E-state index contributed by atoms with van der Waals surface area (Å²) >= 11 is 0. The zero-order valence-corrected chi connectivity index (χ0v) is 11.0. The minimum atomic E-state index is -0.320. The lowest BCUT2D eigenvalue weighted by Gasteiger charge is -2.31. The standard InChI is InChI=1S/C16H16O2/c1-8-4-7-12-10(3)15(17)16(18)13-9(2)5-6-11(8)14(12)13/h5-6,8H,4,7H2,1-3H3. The summed E-state index contributed by atoms with van der Waals surface area (Å²) in [5, 5.41) is 0. The van der Waals surface area contributed by atoms with Crippen LogP contribution in [0.4, 0.5) is 0 Å². The number of aryl methyl sites for hydroxylation is 1. The van der Waals surface area contributed by atoms with Gasteiger partial charge in [-0.05, 0) is 54.9 Å². The number of carbonyl (C=O) groups is 2. The molecule has 18 heavy (non-hydrogen) atoms. The average Bonchev–Trinajstić information content (AvgIpc) is 2.35. The topological polar surface area (TPSA) is 34.1 Å². The Morgan fingerprint density at radius 1 is 1.06 bits per heavy atom. The number of carbonyl (C=O) groups excluding carboxylic acids is 2. The molecule has 0 radical (unpaired) electrons. The molecular formula is C16H16O2. The van der Waals surface area contributed by atoms with Crippen molar-refractivity contribution in [2.24, 2.45) is 0 Å². The molecule has 2 heteroatoms. The smallest absolute Gasteiger partial charge is 0.234 e. The fraction of sp³-hybridized carbons (Fsp3) is 0.375. The van der Waals surface area contributed by atoms with Crippen LogP contribution in [0.25, 0.3) is 5.57 Å². The van der Waals surface area contributed by atoms with Crippen LogP contribution in [0.15, 0.2) is 17.7 Å². The first-order valence-corrected chi connectivity index (χ1v) is 6.45. The van der Waals surface area contributed by atoms with Gasteiger partial charge in [0.05, 0.1) is 0 Å². The van der Waals surface area contributed by atoms with E-state index >= 15 is 0 Å². The molecule has 1 aromatic carbocycles. The Balaban J connectivity index is 2.44. The summed E-state index contributed by atoms with van der Waals surface area (Å²) in [6.45, 7) is 5.90. The Hall–Kier alpha value is -1.70. The third-order valence-electron chi connectivity index (χ3n) is 4.33. The Morgan fingerprint density at radius 2 is 1.78 bits per heavy atom. The quantitative estimate of drug-likeness (QED) is 0.651. The monoisotopic (exact) mass is 240 g/mol. The van der Waals surface area contributed by atoms with E-state index in [1.807, 2.05) is 13.0 Å². The molecule has 3 rings (SSSR count). The second-order valence-electron chi connectivity index (χ2n) is 5.42. The molecule has 1 unspecified atom stereocenters. The summed E-state index contributed by atoms with van der Waals surface area (Å²) in [4.78, 5) is 24.2. The van der Waals surface area contributed by atoms with Gasteiger partial charge in [-0.1, -0.05) is 19.1 Å². The molecule has 0 saturated carbocycles. The van der Waals surface area contributed by atoms with Crippen LogP contribution >= 0.6 is 0 Å². The van der Waals surface area contributed by atoms with Crippen molar-refractivity contribution in [3.63, 3.8) is 0 Å². The minimum absolute atomic E-state index is 0.313. The highest BCUT2D eigenvalue weighted by Gasteiger charge is 2.35. The van der Waals surface area contributed by atoms with Gasteiger partial charge in [-0.3, -0.25) is 9.59 Å². The van der Waals surface area contributed by atoms with Crippen LogP contribution in [0.1, 0.15) is 59.7 Å². The first-order chi connectivity index (χ1) is 8.52. The van der Waals surface area contributed by atoms with Crippen molar-refractivity contribution >= 4 is 17.1 Å². The molecule has 0 N–H and O–H groups in total. The van der Waals surface area contributed by atoms with Crippen LogP contribution < -0.4 is 0 Å². The highest BCUT2D eigenvalue weighted by molar-refractivity contribution is 6.52. The van der Waals surface area contributed by atoms with E-state index in [4.69, 9.17) is 0 Å². The first kappa shape index (κ1) is 11.4. The number of allylic oxidation sites excluding steroid dienone is 2. The van der Waals surface area contributed by atoms with Gasteiger partial charge in [0.25, 0.3) is 0 Å². The zero-order valence-electron chi connectivity index (χ0n) is 11.0. The van der Waals surface area contributed by atoms with Crippen LogP contribution in [0.3, 0.4) is 0 Å². The van der Waals surface area contributed by atoms with Gasteiger partial charge < -0.3 is 0 Å². The zero-order chi connectivity index (χ0) is 13.0. The molecule has 1 atom stereocenters. The van der Waals surface area contributed by atoms with Gasteiger partial charge in [0.2, 0.25) is 11.6 Å². The van der Waals surface area contributed by atoms with Crippen LogP contribution in [0.5, 0.6) is 0 Å². The number of ketones is 2. The van der Waals surface area contributed by atoms with Crippen LogP contribution in [0.2, 0.25) is 0 Å². The number of rotatable bonds is 0. The fourth-order valence-corrected chi connectivity index (χ4v) is 3.19. The Bertz CT molecular complexity index is 620. The van der Waals surface area contributed by atoms with E-state index in [0.29, 0.717) is 17.1 Å².